The van der Waals surface area contributed by atoms with E-state index in [0.29, 0.717) is 23.2 Å². The lowest BCUT2D eigenvalue weighted by Crippen LogP contribution is -2.25. The third-order valence-electron chi connectivity index (χ3n) is 3.98. The van der Waals surface area contributed by atoms with Gasteiger partial charge in [-0.15, -0.1) is 0 Å². The van der Waals surface area contributed by atoms with Crippen molar-refractivity contribution in [3.63, 3.8) is 0 Å². The molecule has 5 nitrogen and oxygen atoms in total. The maximum absolute atomic E-state index is 12.3. The zero-order chi connectivity index (χ0) is 16.5. The topological polar surface area (TPSA) is 70.9 Å². The third-order valence-corrected chi connectivity index (χ3v) is 4.14. The van der Waals surface area contributed by atoms with Crippen LogP contribution in [0.15, 0.2) is 53.1 Å². The van der Waals surface area contributed by atoms with Crippen LogP contribution in [0.4, 0.5) is 0 Å². The van der Waals surface area contributed by atoms with Gasteiger partial charge in [0.25, 0.3) is 11.3 Å². The number of hydrogen-bond acceptors (Lipinski definition) is 3. The number of benzene rings is 2. The Kier molecular flexibility index (Phi) is 3.70. The Hall–Kier alpha value is -2.79. The molecular formula is C18H14ClN3O2. The second-order valence-electron chi connectivity index (χ2n) is 5.51. The summed E-state index contributed by atoms with van der Waals surface area (Å²) < 4.78 is 5.19. The highest BCUT2D eigenvalue weighted by Crippen LogP contribution is 2.20. The maximum atomic E-state index is 12.3. The molecule has 0 saturated heterocycles. The first-order chi connectivity index (χ1) is 11.7. The van der Waals surface area contributed by atoms with Crippen LogP contribution in [0.5, 0.6) is 0 Å². The maximum Gasteiger partial charge on any atom is 0.293 e. The number of aromatic amines is 1. The van der Waals surface area contributed by atoms with E-state index in [2.05, 4.69) is 21.4 Å². The molecule has 0 aliphatic heterocycles. The number of nitrogens with zero attached hydrogens (tertiary/aromatic N) is 1. The van der Waals surface area contributed by atoms with Crippen LogP contribution >= 0.6 is 11.6 Å². The molecule has 0 spiro atoms. The van der Waals surface area contributed by atoms with E-state index in [-0.39, 0.29) is 11.3 Å². The van der Waals surface area contributed by atoms with Gasteiger partial charge in [0.2, 0.25) is 0 Å². The van der Waals surface area contributed by atoms with Crippen molar-refractivity contribution in [2.24, 2.45) is 0 Å². The van der Waals surface area contributed by atoms with Gasteiger partial charge in [-0.2, -0.15) is 4.98 Å². The van der Waals surface area contributed by atoms with Crippen molar-refractivity contribution in [1.82, 2.24) is 15.3 Å². The molecule has 0 bridgehead atoms. The fraction of sp³-hybridized carbons (Fsp3) is 0.111. The molecule has 120 valence electrons. The molecule has 0 fully saturated rings. The van der Waals surface area contributed by atoms with E-state index < -0.39 is 0 Å². The van der Waals surface area contributed by atoms with E-state index in [1.165, 1.54) is 10.9 Å². The molecule has 0 radical (unpaired) electrons. The van der Waals surface area contributed by atoms with Crippen molar-refractivity contribution in [2.45, 2.75) is 6.42 Å². The van der Waals surface area contributed by atoms with Crippen LogP contribution in [0.3, 0.4) is 0 Å². The van der Waals surface area contributed by atoms with Gasteiger partial charge in [-0.25, -0.2) is 0 Å². The van der Waals surface area contributed by atoms with Crippen LogP contribution in [-0.4, -0.2) is 22.4 Å². The van der Waals surface area contributed by atoms with E-state index in [4.69, 9.17) is 16.0 Å². The van der Waals surface area contributed by atoms with Crippen LogP contribution in [0, 0.1) is 0 Å². The number of rotatable bonds is 4. The smallest absolute Gasteiger partial charge is 0.293 e. The van der Waals surface area contributed by atoms with Crippen LogP contribution in [-0.2, 0) is 6.42 Å². The van der Waals surface area contributed by atoms with Gasteiger partial charge in [-0.3, -0.25) is 4.79 Å². The Bertz CT molecular complexity index is 1040. The molecule has 4 rings (SSSR count). The molecule has 0 unspecified atom stereocenters. The van der Waals surface area contributed by atoms with Gasteiger partial charge in [0.1, 0.15) is 5.52 Å². The van der Waals surface area contributed by atoms with Crippen LogP contribution < -0.4 is 5.32 Å². The van der Waals surface area contributed by atoms with E-state index in [1.807, 2.05) is 24.4 Å². The summed E-state index contributed by atoms with van der Waals surface area (Å²) in [4.78, 5) is 19.5. The molecule has 2 aromatic heterocycles. The van der Waals surface area contributed by atoms with Gasteiger partial charge in [0.05, 0.1) is 0 Å². The zero-order valence-corrected chi connectivity index (χ0v) is 13.4. The number of carbonyl (C=O) groups is 1. The minimum atomic E-state index is -0.143. The van der Waals surface area contributed by atoms with Crippen molar-refractivity contribution in [2.75, 3.05) is 6.54 Å². The number of hydrogen-bond donors (Lipinski definition) is 2. The number of fused-ring (bicyclic) bond motifs is 2. The molecule has 1 amide bonds. The Morgan fingerprint density at radius 2 is 2.12 bits per heavy atom. The lowest BCUT2D eigenvalue weighted by atomic mass is 10.1. The summed E-state index contributed by atoms with van der Waals surface area (Å²) in [7, 11) is 0. The first kappa shape index (κ1) is 14.8. The minimum absolute atomic E-state index is 0.0712. The second kappa shape index (κ2) is 6.02. The number of amides is 1. The van der Waals surface area contributed by atoms with Crippen molar-refractivity contribution < 1.29 is 9.21 Å². The fourth-order valence-electron chi connectivity index (χ4n) is 2.79. The standard InChI is InChI=1S/C18H14ClN3O2/c19-18-22-15-9-11(5-6-16(15)24-18)17(23)20-8-7-12-10-21-14-4-2-1-3-13(12)14/h1-6,9-10,21H,7-8H2,(H,20,23). The highest BCUT2D eigenvalue weighted by Gasteiger charge is 2.10. The van der Waals surface area contributed by atoms with Gasteiger partial charge in [0, 0.05) is 29.2 Å². The molecule has 24 heavy (non-hydrogen) atoms. The normalized spacial score (nSPS) is 11.2. The summed E-state index contributed by atoms with van der Waals surface area (Å²) >= 11 is 5.72. The fourth-order valence-corrected chi connectivity index (χ4v) is 2.97. The summed E-state index contributed by atoms with van der Waals surface area (Å²) in [5.74, 6) is -0.143. The quantitative estimate of drug-likeness (QED) is 0.591. The highest BCUT2D eigenvalue weighted by molar-refractivity contribution is 6.28. The first-order valence-corrected chi connectivity index (χ1v) is 7.98. The van der Waals surface area contributed by atoms with E-state index in [1.54, 1.807) is 18.2 Å². The van der Waals surface area contributed by atoms with Crippen molar-refractivity contribution >= 4 is 39.5 Å². The Morgan fingerprint density at radius 1 is 1.25 bits per heavy atom. The van der Waals surface area contributed by atoms with Crippen LogP contribution in [0.1, 0.15) is 15.9 Å². The Morgan fingerprint density at radius 3 is 3.04 bits per heavy atom. The molecule has 2 N–H and O–H groups in total. The van der Waals surface area contributed by atoms with Crippen molar-refractivity contribution in [1.29, 1.82) is 0 Å². The number of para-hydroxylation sites is 1. The largest absolute Gasteiger partial charge is 0.428 e. The van der Waals surface area contributed by atoms with Gasteiger partial charge < -0.3 is 14.7 Å². The Labute approximate surface area is 142 Å². The Balaban J connectivity index is 1.44. The van der Waals surface area contributed by atoms with Gasteiger partial charge in [-0.1, -0.05) is 18.2 Å². The summed E-state index contributed by atoms with van der Waals surface area (Å²) in [5.41, 5.74) is 3.96. The molecule has 2 aromatic carbocycles. The zero-order valence-electron chi connectivity index (χ0n) is 12.7. The molecule has 0 aliphatic rings. The number of carbonyl (C=O) groups excluding carboxylic acids is 1. The second-order valence-corrected chi connectivity index (χ2v) is 5.84. The third kappa shape index (κ3) is 2.74. The SMILES string of the molecule is O=C(NCCc1c[nH]c2ccccc12)c1ccc2oc(Cl)nc2c1. The monoisotopic (exact) mass is 339 g/mol. The molecule has 2 heterocycles. The average molecular weight is 340 g/mol. The lowest BCUT2D eigenvalue weighted by molar-refractivity contribution is 0.0954. The number of oxazole rings is 1. The predicted octanol–water partition coefficient (Wildman–Crippen LogP) is 3.94. The average Bonchev–Trinajstić information content (AvgIpc) is 3.16. The van der Waals surface area contributed by atoms with E-state index in [9.17, 15) is 4.79 Å². The van der Waals surface area contributed by atoms with Crippen LogP contribution in [0.25, 0.3) is 22.0 Å². The molecule has 6 heteroatoms. The van der Waals surface area contributed by atoms with Crippen LogP contribution in [0.2, 0.25) is 5.35 Å². The number of halogens is 1. The number of aromatic nitrogens is 2. The number of nitrogens with one attached hydrogen (secondary N) is 2. The molecule has 4 aromatic rings. The molecule has 0 atom stereocenters. The summed E-state index contributed by atoms with van der Waals surface area (Å²) in [6.45, 7) is 0.554. The molecule has 0 saturated carbocycles. The predicted molar refractivity (Wildman–Crippen MR) is 93.4 cm³/mol. The van der Waals surface area contributed by atoms with E-state index >= 15 is 0 Å². The first-order valence-electron chi connectivity index (χ1n) is 7.60. The number of H-pyrrole nitrogens is 1. The van der Waals surface area contributed by atoms with Gasteiger partial charge >= 0.3 is 0 Å². The summed E-state index contributed by atoms with van der Waals surface area (Å²) in [5, 5.41) is 4.19. The molecule has 0 aliphatic carbocycles. The minimum Gasteiger partial charge on any atom is -0.428 e. The summed E-state index contributed by atoms with van der Waals surface area (Å²) in [6, 6.07) is 13.2. The highest BCUT2D eigenvalue weighted by atomic mass is 35.5. The lowest BCUT2D eigenvalue weighted by Gasteiger charge is -2.05. The van der Waals surface area contributed by atoms with Crippen molar-refractivity contribution in [3.05, 3.63) is 65.1 Å². The van der Waals surface area contributed by atoms with Crippen molar-refractivity contribution in [3.8, 4) is 0 Å². The van der Waals surface area contributed by atoms with Gasteiger partial charge in [-0.05, 0) is 47.9 Å². The van der Waals surface area contributed by atoms with Gasteiger partial charge in [0.15, 0.2) is 5.58 Å². The molecular weight excluding hydrogens is 326 g/mol. The summed E-state index contributed by atoms with van der Waals surface area (Å²) in [6.07, 6.45) is 2.74. The van der Waals surface area contributed by atoms with E-state index in [0.717, 1.165) is 11.9 Å².